The zero-order chi connectivity index (χ0) is 6.53. The highest BCUT2D eigenvalue weighted by molar-refractivity contribution is 9.09. The third-order valence-electron chi connectivity index (χ3n) is 1.49. The smallest absolute Gasteiger partial charge is 0.0700 e. The minimum absolute atomic E-state index is 0.475. The van der Waals surface area contributed by atoms with Crippen LogP contribution in [0.2, 0.25) is 0 Å². The van der Waals surface area contributed by atoms with E-state index in [4.69, 9.17) is 4.74 Å². The highest BCUT2D eigenvalue weighted by Crippen LogP contribution is 2.10. The van der Waals surface area contributed by atoms with Crippen LogP contribution in [0, 0.1) is 0 Å². The Labute approximate surface area is 64.1 Å². The number of hydrogen-bond donors (Lipinski definition) is 1. The average Bonchev–Trinajstić information content (AvgIpc) is 2.34. The summed E-state index contributed by atoms with van der Waals surface area (Å²) >= 11 is 3.29. The summed E-state index contributed by atoms with van der Waals surface area (Å²) in [6.07, 6.45) is 2.93. The molecule has 0 saturated carbocycles. The normalized spacial score (nSPS) is 27.0. The monoisotopic (exact) mass is 193 g/mol. The highest BCUT2D eigenvalue weighted by Gasteiger charge is 2.13. The highest BCUT2D eigenvalue weighted by atomic mass is 79.9. The maximum atomic E-state index is 5.37. The molecule has 3 heteroatoms. The molecule has 0 amide bonds. The van der Waals surface area contributed by atoms with Crippen LogP contribution in [0.4, 0.5) is 0 Å². The Morgan fingerprint density at radius 2 is 2.56 bits per heavy atom. The fourth-order valence-corrected chi connectivity index (χ4v) is 1.25. The Morgan fingerprint density at radius 1 is 1.67 bits per heavy atom. The second-order valence-electron chi connectivity index (χ2n) is 2.22. The van der Waals surface area contributed by atoms with E-state index < -0.39 is 0 Å². The molecule has 0 aliphatic carbocycles. The van der Waals surface area contributed by atoms with Gasteiger partial charge in [0.1, 0.15) is 0 Å². The van der Waals surface area contributed by atoms with Crippen molar-refractivity contribution in [3.63, 3.8) is 0 Å². The number of nitrogens with one attached hydrogen (secondary N) is 1. The van der Waals surface area contributed by atoms with Crippen molar-refractivity contribution in [3.8, 4) is 0 Å². The van der Waals surface area contributed by atoms with Crippen LogP contribution >= 0.6 is 15.9 Å². The second kappa shape index (κ2) is 4.25. The predicted octanol–water partition coefficient (Wildman–Crippen LogP) is 1.11. The lowest BCUT2D eigenvalue weighted by atomic mass is 10.2. The molecule has 0 aromatic rings. The van der Waals surface area contributed by atoms with E-state index >= 15 is 0 Å². The lowest BCUT2D eigenvalue weighted by Gasteiger charge is -2.07. The summed E-state index contributed by atoms with van der Waals surface area (Å²) in [6, 6.07) is 0. The van der Waals surface area contributed by atoms with Crippen molar-refractivity contribution < 1.29 is 4.74 Å². The number of alkyl halides is 1. The van der Waals surface area contributed by atoms with Gasteiger partial charge >= 0.3 is 0 Å². The lowest BCUT2D eigenvalue weighted by molar-refractivity contribution is 0.111. The zero-order valence-corrected chi connectivity index (χ0v) is 6.99. The summed E-state index contributed by atoms with van der Waals surface area (Å²) in [7, 11) is 0. The molecule has 1 atom stereocenters. The van der Waals surface area contributed by atoms with E-state index in [0.29, 0.717) is 6.10 Å². The molecule has 1 rings (SSSR count). The Morgan fingerprint density at radius 3 is 3.11 bits per heavy atom. The molecule has 0 aromatic heterocycles. The van der Waals surface area contributed by atoms with Crippen molar-refractivity contribution in [3.05, 3.63) is 0 Å². The minimum Gasteiger partial charge on any atom is -0.377 e. The van der Waals surface area contributed by atoms with E-state index in [1.807, 2.05) is 0 Å². The van der Waals surface area contributed by atoms with Crippen molar-refractivity contribution in [2.75, 3.05) is 18.6 Å². The van der Waals surface area contributed by atoms with E-state index in [9.17, 15) is 0 Å². The van der Waals surface area contributed by atoms with Crippen LogP contribution in [-0.4, -0.2) is 24.7 Å². The van der Waals surface area contributed by atoms with Gasteiger partial charge in [-0.25, -0.2) is 0 Å². The van der Waals surface area contributed by atoms with E-state index in [1.54, 1.807) is 0 Å². The van der Waals surface area contributed by atoms with E-state index in [1.165, 1.54) is 12.8 Å². The number of rotatable bonds is 3. The molecule has 0 bridgehead atoms. The van der Waals surface area contributed by atoms with Crippen LogP contribution in [0.15, 0.2) is 0 Å². The van der Waals surface area contributed by atoms with Gasteiger partial charge in [-0.1, -0.05) is 15.9 Å². The molecule has 0 radical (unpaired) electrons. The molecule has 1 N–H and O–H groups in total. The summed E-state index contributed by atoms with van der Waals surface area (Å²) in [5.41, 5.74) is 0.868. The molecule has 54 valence electrons. The van der Waals surface area contributed by atoms with Crippen molar-refractivity contribution in [1.29, 1.82) is 0 Å². The molecule has 0 aromatic carbocycles. The first-order chi connectivity index (χ1) is 4.43. The van der Waals surface area contributed by atoms with E-state index in [0.717, 1.165) is 18.6 Å². The van der Waals surface area contributed by atoms with Crippen LogP contribution in [0.25, 0.3) is 0 Å². The number of halogens is 1. The van der Waals surface area contributed by atoms with Crippen LogP contribution in [0.5, 0.6) is 0 Å². The van der Waals surface area contributed by atoms with Crippen LogP contribution in [0.1, 0.15) is 12.8 Å². The van der Waals surface area contributed by atoms with Crippen molar-refractivity contribution in [1.82, 2.24) is 5.32 Å². The Hall–Kier alpha value is 0.400. The Bertz CT molecular complexity index is 73.5. The molecule has 1 fully saturated rings. The first-order valence-corrected chi connectivity index (χ1v) is 4.44. The van der Waals surface area contributed by atoms with Gasteiger partial charge in [0.15, 0.2) is 0 Å². The summed E-state index contributed by atoms with van der Waals surface area (Å²) < 4.78 is 5.37. The quantitative estimate of drug-likeness (QED) is 0.536. The Balaban J connectivity index is 1.98. The molecule has 1 unspecified atom stereocenters. The molecular formula is C6H12BrNO. The van der Waals surface area contributed by atoms with Crippen molar-refractivity contribution in [2.24, 2.45) is 0 Å². The van der Waals surface area contributed by atoms with Gasteiger partial charge in [-0.05, 0) is 12.8 Å². The number of hydrogen-bond acceptors (Lipinski definition) is 2. The molecule has 1 aliphatic rings. The summed E-state index contributed by atoms with van der Waals surface area (Å²) in [5, 5.41) is 3.18. The fraction of sp³-hybridized carbons (Fsp3) is 1.00. The molecular weight excluding hydrogens is 182 g/mol. The molecule has 1 saturated heterocycles. The third kappa shape index (κ3) is 2.65. The third-order valence-corrected chi connectivity index (χ3v) is 1.89. The van der Waals surface area contributed by atoms with Gasteiger partial charge in [0.25, 0.3) is 0 Å². The fourth-order valence-electron chi connectivity index (χ4n) is 1.02. The minimum atomic E-state index is 0.475. The van der Waals surface area contributed by atoms with Gasteiger partial charge in [0, 0.05) is 13.2 Å². The van der Waals surface area contributed by atoms with Gasteiger partial charge in [-0.3, -0.25) is 0 Å². The van der Waals surface area contributed by atoms with Gasteiger partial charge in [-0.2, -0.15) is 0 Å². The predicted molar refractivity (Wildman–Crippen MR) is 40.8 cm³/mol. The maximum Gasteiger partial charge on any atom is 0.0700 e. The molecule has 0 spiro atoms. The largest absolute Gasteiger partial charge is 0.377 e. The summed E-state index contributed by atoms with van der Waals surface area (Å²) in [4.78, 5) is 0. The summed E-state index contributed by atoms with van der Waals surface area (Å²) in [6.45, 7) is 1.94. The van der Waals surface area contributed by atoms with E-state index in [2.05, 4.69) is 21.2 Å². The van der Waals surface area contributed by atoms with Crippen molar-refractivity contribution in [2.45, 2.75) is 18.9 Å². The van der Waals surface area contributed by atoms with Crippen LogP contribution < -0.4 is 5.32 Å². The first kappa shape index (κ1) is 7.51. The molecule has 1 aliphatic heterocycles. The molecule has 9 heavy (non-hydrogen) atoms. The Kier molecular flexibility index (Phi) is 3.55. The van der Waals surface area contributed by atoms with Gasteiger partial charge < -0.3 is 10.1 Å². The van der Waals surface area contributed by atoms with Crippen molar-refractivity contribution >= 4 is 15.9 Å². The maximum absolute atomic E-state index is 5.37. The van der Waals surface area contributed by atoms with Crippen LogP contribution in [-0.2, 0) is 4.74 Å². The van der Waals surface area contributed by atoms with Gasteiger partial charge in [-0.15, -0.1) is 0 Å². The first-order valence-electron chi connectivity index (χ1n) is 3.32. The van der Waals surface area contributed by atoms with Crippen LogP contribution in [0.3, 0.4) is 0 Å². The zero-order valence-electron chi connectivity index (χ0n) is 5.40. The molecule has 2 nitrogen and oxygen atoms in total. The average molecular weight is 194 g/mol. The van der Waals surface area contributed by atoms with E-state index in [-0.39, 0.29) is 0 Å². The molecule has 1 heterocycles. The number of ether oxygens (including phenoxy) is 1. The summed E-state index contributed by atoms with van der Waals surface area (Å²) in [5.74, 6) is 0. The standard InChI is InChI=1S/C6H12BrNO/c7-5-8-4-6-2-1-3-9-6/h6,8H,1-5H2. The second-order valence-corrected chi connectivity index (χ2v) is 2.78. The SMILES string of the molecule is BrCNCC1CCCO1. The lowest BCUT2D eigenvalue weighted by Crippen LogP contribution is -2.24. The van der Waals surface area contributed by atoms with Gasteiger partial charge in [0.05, 0.1) is 11.6 Å². The van der Waals surface area contributed by atoms with Gasteiger partial charge in [0.2, 0.25) is 0 Å². The topological polar surface area (TPSA) is 21.3 Å².